The van der Waals surface area contributed by atoms with Gasteiger partial charge in [0.25, 0.3) is 0 Å². The van der Waals surface area contributed by atoms with Crippen LogP contribution in [0, 0.1) is 12.7 Å². The lowest BCUT2D eigenvalue weighted by atomic mass is 10.1. The first kappa shape index (κ1) is 9.86. The van der Waals surface area contributed by atoms with E-state index < -0.39 is 5.82 Å². The first-order valence-electron chi connectivity index (χ1n) is 4.64. The summed E-state index contributed by atoms with van der Waals surface area (Å²) in [6, 6.07) is 4.61. The third-order valence-corrected chi connectivity index (χ3v) is 2.35. The highest BCUT2D eigenvalue weighted by atomic mass is 19.1. The van der Waals surface area contributed by atoms with Crippen molar-refractivity contribution < 1.29 is 4.39 Å². The number of benzene rings is 1. The number of rotatable bonds is 1. The predicted molar refractivity (Wildman–Crippen MR) is 57.2 cm³/mol. The fourth-order valence-electron chi connectivity index (χ4n) is 1.69. The molecule has 1 heterocycles. The van der Waals surface area contributed by atoms with E-state index in [9.17, 15) is 9.18 Å². The normalized spacial score (nSPS) is 10.9. The second-order valence-corrected chi connectivity index (χ2v) is 3.53. The zero-order valence-corrected chi connectivity index (χ0v) is 8.30. The summed E-state index contributed by atoms with van der Waals surface area (Å²) in [4.78, 5) is 13.7. The molecule has 78 valence electrons. The maximum atomic E-state index is 13.5. The van der Waals surface area contributed by atoms with Crippen LogP contribution in [0.2, 0.25) is 0 Å². The number of hydrogen-bond donors (Lipinski definition) is 2. The molecule has 0 aliphatic heterocycles. The molecular formula is C11H11FN2O. The number of aromatic amines is 1. The summed E-state index contributed by atoms with van der Waals surface area (Å²) >= 11 is 0. The number of aryl methyl sites for hydroxylation is 1. The summed E-state index contributed by atoms with van der Waals surface area (Å²) < 4.78 is 13.5. The zero-order chi connectivity index (χ0) is 11.0. The van der Waals surface area contributed by atoms with Crippen molar-refractivity contribution in [3.8, 4) is 0 Å². The molecule has 0 fully saturated rings. The van der Waals surface area contributed by atoms with Crippen LogP contribution in [0.5, 0.6) is 0 Å². The molecule has 0 radical (unpaired) electrons. The van der Waals surface area contributed by atoms with Crippen LogP contribution in [0.3, 0.4) is 0 Å². The molecule has 0 atom stereocenters. The highest BCUT2D eigenvalue weighted by Gasteiger charge is 2.07. The van der Waals surface area contributed by atoms with Crippen molar-refractivity contribution in [2.45, 2.75) is 13.5 Å². The molecule has 0 spiro atoms. The Labute approximate surface area is 85.7 Å². The van der Waals surface area contributed by atoms with Crippen molar-refractivity contribution >= 4 is 10.9 Å². The van der Waals surface area contributed by atoms with Crippen LogP contribution in [-0.4, -0.2) is 4.98 Å². The Hall–Kier alpha value is -1.68. The minimum Gasteiger partial charge on any atom is -0.326 e. The van der Waals surface area contributed by atoms with Gasteiger partial charge in [-0.2, -0.15) is 0 Å². The summed E-state index contributed by atoms with van der Waals surface area (Å²) in [7, 11) is 0. The standard InChI is InChI=1S/C11H11FN2O/c1-6-2-8-7(5-13)4-10(15)14-11(8)9(12)3-6/h2-4H,5,13H2,1H3,(H,14,15). The molecule has 0 aliphatic rings. The van der Waals surface area contributed by atoms with Crippen LogP contribution < -0.4 is 11.3 Å². The fourth-order valence-corrected chi connectivity index (χ4v) is 1.69. The largest absolute Gasteiger partial charge is 0.326 e. The van der Waals surface area contributed by atoms with E-state index in [2.05, 4.69) is 4.98 Å². The molecule has 15 heavy (non-hydrogen) atoms. The first-order valence-corrected chi connectivity index (χ1v) is 4.64. The topological polar surface area (TPSA) is 58.9 Å². The van der Waals surface area contributed by atoms with Gasteiger partial charge in [0.05, 0.1) is 5.52 Å². The van der Waals surface area contributed by atoms with E-state index in [0.717, 1.165) is 5.56 Å². The monoisotopic (exact) mass is 206 g/mol. The summed E-state index contributed by atoms with van der Waals surface area (Å²) in [6.07, 6.45) is 0. The number of halogens is 1. The molecule has 3 nitrogen and oxygen atoms in total. The maximum absolute atomic E-state index is 13.5. The number of aromatic nitrogens is 1. The van der Waals surface area contributed by atoms with Gasteiger partial charge in [-0.15, -0.1) is 0 Å². The SMILES string of the molecule is Cc1cc(F)c2[nH]c(=O)cc(CN)c2c1. The average molecular weight is 206 g/mol. The summed E-state index contributed by atoms with van der Waals surface area (Å²) in [5.41, 5.74) is 6.88. The molecule has 2 aromatic rings. The third-order valence-electron chi connectivity index (χ3n) is 2.35. The number of hydrogen-bond acceptors (Lipinski definition) is 2. The van der Waals surface area contributed by atoms with Crippen LogP contribution >= 0.6 is 0 Å². The molecule has 0 saturated heterocycles. The Morgan fingerprint density at radius 2 is 2.13 bits per heavy atom. The molecule has 0 aliphatic carbocycles. The molecule has 0 amide bonds. The van der Waals surface area contributed by atoms with E-state index in [0.29, 0.717) is 10.9 Å². The summed E-state index contributed by atoms with van der Waals surface area (Å²) in [5.74, 6) is -0.419. The molecule has 2 rings (SSSR count). The number of H-pyrrole nitrogens is 1. The van der Waals surface area contributed by atoms with Crippen molar-refractivity contribution in [3.63, 3.8) is 0 Å². The van der Waals surface area contributed by atoms with E-state index in [1.165, 1.54) is 12.1 Å². The Bertz CT molecular complexity index is 575. The number of nitrogens with two attached hydrogens (primary N) is 1. The van der Waals surface area contributed by atoms with Crippen LogP contribution in [0.15, 0.2) is 23.0 Å². The minimum atomic E-state index is -0.419. The zero-order valence-electron chi connectivity index (χ0n) is 8.30. The van der Waals surface area contributed by atoms with Crippen LogP contribution in [0.25, 0.3) is 10.9 Å². The summed E-state index contributed by atoms with van der Waals surface area (Å²) in [6.45, 7) is 2.03. The van der Waals surface area contributed by atoms with Crippen molar-refractivity contribution in [2.75, 3.05) is 0 Å². The van der Waals surface area contributed by atoms with E-state index >= 15 is 0 Å². The Morgan fingerprint density at radius 1 is 1.40 bits per heavy atom. The highest BCUT2D eigenvalue weighted by molar-refractivity contribution is 5.83. The number of pyridine rings is 1. The number of nitrogens with one attached hydrogen (secondary N) is 1. The lowest BCUT2D eigenvalue weighted by molar-refractivity contribution is 0.635. The molecule has 3 N–H and O–H groups in total. The van der Waals surface area contributed by atoms with Crippen LogP contribution in [-0.2, 0) is 6.54 Å². The molecular weight excluding hydrogens is 195 g/mol. The van der Waals surface area contributed by atoms with Gasteiger partial charge < -0.3 is 10.7 Å². The third kappa shape index (κ3) is 1.64. The second-order valence-electron chi connectivity index (χ2n) is 3.53. The van der Waals surface area contributed by atoms with Crippen molar-refractivity contribution in [3.05, 3.63) is 45.5 Å². The molecule has 0 unspecified atom stereocenters. The lowest BCUT2D eigenvalue weighted by Crippen LogP contribution is -2.10. The van der Waals surface area contributed by atoms with Gasteiger partial charge in [-0.05, 0) is 30.2 Å². The highest BCUT2D eigenvalue weighted by Crippen LogP contribution is 2.19. The van der Waals surface area contributed by atoms with Gasteiger partial charge >= 0.3 is 0 Å². The van der Waals surface area contributed by atoms with Crippen molar-refractivity contribution in [1.29, 1.82) is 0 Å². The van der Waals surface area contributed by atoms with Gasteiger partial charge in [0, 0.05) is 18.0 Å². The summed E-state index contributed by atoms with van der Waals surface area (Å²) in [5, 5.41) is 0.676. The molecule has 0 bridgehead atoms. The van der Waals surface area contributed by atoms with Crippen molar-refractivity contribution in [2.24, 2.45) is 5.73 Å². The smallest absolute Gasteiger partial charge is 0.248 e. The van der Waals surface area contributed by atoms with Crippen LogP contribution in [0.4, 0.5) is 4.39 Å². The van der Waals surface area contributed by atoms with Gasteiger partial charge in [-0.25, -0.2) is 4.39 Å². The van der Waals surface area contributed by atoms with Gasteiger partial charge in [-0.3, -0.25) is 4.79 Å². The Kier molecular flexibility index (Phi) is 2.28. The second kappa shape index (κ2) is 3.47. The van der Waals surface area contributed by atoms with E-state index in [1.807, 2.05) is 6.07 Å². The van der Waals surface area contributed by atoms with E-state index in [-0.39, 0.29) is 17.6 Å². The van der Waals surface area contributed by atoms with Gasteiger partial charge in [0.15, 0.2) is 0 Å². The Morgan fingerprint density at radius 3 is 2.80 bits per heavy atom. The molecule has 0 saturated carbocycles. The van der Waals surface area contributed by atoms with E-state index in [1.54, 1.807) is 6.92 Å². The Balaban J connectivity index is 2.96. The van der Waals surface area contributed by atoms with Crippen molar-refractivity contribution in [1.82, 2.24) is 4.98 Å². The minimum absolute atomic E-state index is 0.226. The van der Waals surface area contributed by atoms with Crippen LogP contribution in [0.1, 0.15) is 11.1 Å². The molecule has 1 aromatic carbocycles. The number of fused-ring (bicyclic) bond motifs is 1. The molecule has 4 heteroatoms. The van der Waals surface area contributed by atoms with Gasteiger partial charge in [0.2, 0.25) is 5.56 Å². The van der Waals surface area contributed by atoms with E-state index in [4.69, 9.17) is 5.73 Å². The maximum Gasteiger partial charge on any atom is 0.248 e. The lowest BCUT2D eigenvalue weighted by Gasteiger charge is -2.05. The fraction of sp³-hybridized carbons (Fsp3) is 0.182. The quantitative estimate of drug-likeness (QED) is 0.741. The average Bonchev–Trinajstić information content (AvgIpc) is 2.18. The predicted octanol–water partition coefficient (Wildman–Crippen LogP) is 1.43. The molecule has 1 aromatic heterocycles. The van der Waals surface area contributed by atoms with Gasteiger partial charge in [0.1, 0.15) is 5.82 Å². The van der Waals surface area contributed by atoms with Gasteiger partial charge in [-0.1, -0.05) is 0 Å². The first-order chi connectivity index (χ1) is 7.11.